The van der Waals surface area contributed by atoms with Gasteiger partial charge in [0.05, 0.1) is 0 Å². The first kappa shape index (κ1) is 8.51. The Morgan fingerprint density at radius 3 is 2.82 bits per heavy atom. The van der Waals surface area contributed by atoms with Gasteiger partial charge in [0.1, 0.15) is 0 Å². The van der Waals surface area contributed by atoms with Crippen LogP contribution in [0.4, 0.5) is 0 Å². The van der Waals surface area contributed by atoms with Crippen molar-refractivity contribution in [3.63, 3.8) is 0 Å². The minimum Gasteiger partial charge on any atom is -0.295 e. The Morgan fingerprint density at radius 1 is 1.55 bits per heavy atom. The summed E-state index contributed by atoms with van der Waals surface area (Å²) < 4.78 is 0. The third-order valence-electron chi connectivity index (χ3n) is 2.37. The molecule has 0 aromatic rings. The molecule has 0 aromatic carbocycles. The Bertz CT molecular complexity index is 179. The molecule has 0 saturated heterocycles. The van der Waals surface area contributed by atoms with E-state index in [-0.39, 0.29) is 5.78 Å². The maximum atomic E-state index is 10.8. The zero-order valence-electron chi connectivity index (χ0n) is 7.39. The average molecular weight is 152 g/mol. The molecule has 0 N–H and O–H groups in total. The molecule has 0 radical (unpaired) electrons. The topological polar surface area (TPSA) is 17.1 Å². The Labute approximate surface area is 68.5 Å². The molecule has 1 aliphatic rings. The maximum absolute atomic E-state index is 10.8. The van der Waals surface area contributed by atoms with E-state index in [0.29, 0.717) is 5.92 Å². The van der Waals surface area contributed by atoms with Crippen molar-refractivity contribution in [3.8, 4) is 0 Å². The standard InChI is InChI=1S/C10H16O/c1-8-5-3-4-6-10(8)7-9(2)11/h7-8H,3-6H2,1-2H3/b10-7+. The average Bonchev–Trinajstić information content (AvgIpc) is 1.93. The second kappa shape index (κ2) is 3.70. The Hall–Kier alpha value is -0.590. The number of rotatable bonds is 1. The fourth-order valence-electron chi connectivity index (χ4n) is 1.69. The van der Waals surface area contributed by atoms with Crippen LogP contribution in [0.1, 0.15) is 39.5 Å². The van der Waals surface area contributed by atoms with Crippen LogP contribution in [0.5, 0.6) is 0 Å². The van der Waals surface area contributed by atoms with Crippen LogP contribution in [0.15, 0.2) is 11.6 Å². The predicted molar refractivity (Wildman–Crippen MR) is 46.4 cm³/mol. The molecule has 0 aromatic heterocycles. The zero-order valence-corrected chi connectivity index (χ0v) is 7.39. The largest absolute Gasteiger partial charge is 0.295 e. The van der Waals surface area contributed by atoms with E-state index in [4.69, 9.17) is 0 Å². The van der Waals surface area contributed by atoms with Crippen molar-refractivity contribution in [2.45, 2.75) is 39.5 Å². The number of hydrogen-bond donors (Lipinski definition) is 0. The van der Waals surface area contributed by atoms with Crippen molar-refractivity contribution in [1.29, 1.82) is 0 Å². The smallest absolute Gasteiger partial charge is 0.152 e. The number of carbonyl (C=O) groups excluding carboxylic acids is 1. The van der Waals surface area contributed by atoms with E-state index in [1.807, 2.05) is 6.08 Å². The summed E-state index contributed by atoms with van der Waals surface area (Å²) in [7, 11) is 0. The summed E-state index contributed by atoms with van der Waals surface area (Å²) in [6.45, 7) is 3.85. The van der Waals surface area contributed by atoms with Gasteiger partial charge in [0.2, 0.25) is 0 Å². The number of allylic oxidation sites excluding steroid dienone is 2. The highest BCUT2D eigenvalue weighted by atomic mass is 16.1. The summed E-state index contributed by atoms with van der Waals surface area (Å²) in [4.78, 5) is 10.8. The maximum Gasteiger partial charge on any atom is 0.152 e. The van der Waals surface area contributed by atoms with Gasteiger partial charge in [-0.3, -0.25) is 4.79 Å². The second-order valence-corrected chi connectivity index (χ2v) is 3.48. The third-order valence-corrected chi connectivity index (χ3v) is 2.37. The number of hydrogen-bond acceptors (Lipinski definition) is 1. The molecule has 0 amide bonds. The molecule has 1 rings (SSSR count). The first-order valence-electron chi connectivity index (χ1n) is 4.41. The lowest BCUT2D eigenvalue weighted by molar-refractivity contribution is -0.112. The molecule has 0 heterocycles. The third kappa shape index (κ3) is 2.49. The van der Waals surface area contributed by atoms with Crippen molar-refractivity contribution < 1.29 is 4.79 Å². The second-order valence-electron chi connectivity index (χ2n) is 3.48. The van der Waals surface area contributed by atoms with Gasteiger partial charge < -0.3 is 0 Å². The molecule has 1 nitrogen and oxygen atoms in total. The van der Waals surface area contributed by atoms with E-state index in [0.717, 1.165) is 6.42 Å². The molecule has 1 heteroatoms. The van der Waals surface area contributed by atoms with E-state index in [2.05, 4.69) is 6.92 Å². The first-order valence-corrected chi connectivity index (χ1v) is 4.41. The monoisotopic (exact) mass is 152 g/mol. The van der Waals surface area contributed by atoms with Crippen molar-refractivity contribution in [1.82, 2.24) is 0 Å². The normalized spacial score (nSPS) is 28.9. The minimum atomic E-state index is 0.203. The molecule has 0 bridgehead atoms. The Kier molecular flexibility index (Phi) is 2.86. The SMILES string of the molecule is CC(=O)/C=C1\CCCCC1C. The van der Waals surface area contributed by atoms with Crippen molar-refractivity contribution in [3.05, 3.63) is 11.6 Å². The summed E-state index contributed by atoms with van der Waals surface area (Å²) >= 11 is 0. The lowest BCUT2D eigenvalue weighted by Crippen LogP contribution is -2.07. The van der Waals surface area contributed by atoms with Crippen LogP contribution < -0.4 is 0 Å². The van der Waals surface area contributed by atoms with Crippen LogP contribution in [0.3, 0.4) is 0 Å². The Morgan fingerprint density at radius 2 is 2.27 bits per heavy atom. The summed E-state index contributed by atoms with van der Waals surface area (Å²) in [6.07, 6.45) is 6.82. The van der Waals surface area contributed by atoms with Gasteiger partial charge in [0.15, 0.2) is 5.78 Å². The molecule has 1 unspecified atom stereocenters. The van der Waals surface area contributed by atoms with Crippen molar-refractivity contribution >= 4 is 5.78 Å². The van der Waals surface area contributed by atoms with Gasteiger partial charge in [-0.25, -0.2) is 0 Å². The summed E-state index contributed by atoms with van der Waals surface area (Å²) in [5.41, 5.74) is 1.36. The van der Waals surface area contributed by atoms with Crippen LogP contribution in [-0.4, -0.2) is 5.78 Å². The van der Waals surface area contributed by atoms with Crippen LogP contribution in [0, 0.1) is 5.92 Å². The fourth-order valence-corrected chi connectivity index (χ4v) is 1.69. The van der Waals surface area contributed by atoms with Gasteiger partial charge in [-0.15, -0.1) is 0 Å². The predicted octanol–water partition coefficient (Wildman–Crippen LogP) is 2.71. The van der Waals surface area contributed by atoms with Crippen LogP contribution in [0.25, 0.3) is 0 Å². The van der Waals surface area contributed by atoms with E-state index < -0.39 is 0 Å². The van der Waals surface area contributed by atoms with E-state index >= 15 is 0 Å². The first-order chi connectivity index (χ1) is 5.20. The van der Waals surface area contributed by atoms with E-state index in [1.54, 1.807) is 6.92 Å². The molecular formula is C10H16O. The fraction of sp³-hybridized carbons (Fsp3) is 0.700. The van der Waals surface area contributed by atoms with Crippen LogP contribution in [-0.2, 0) is 4.79 Å². The summed E-state index contributed by atoms with van der Waals surface area (Å²) in [6, 6.07) is 0. The number of carbonyl (C=O) groups is 1. The lowest BCUT2D eigenvalue weighted by atomic mass is 9.85. The highest BCUT2D eigenvalue weighted by molar-refractivity contribution is 5.88. The molecule has 1 aliphatic carbocycles. The summed E-state index contributed by atoms with van der Waals surface area (Å²) in [5.74, 6) is 0.849. The van der Waals surface area contributed by atoms with Gasteiger partial charge in [-0.1, -0.05) is 18.9 Å². The number of ketones is 1. The van der Waals surface area contributed by atoms with E-state index in [9.17, 15) is 4.79 Å². The van der Waals surface area contributed by atoms with Crippen LogP contribution in [0.2, 0.25) is 0 Å². The molecule has 11 heavy (non-hydrogen) atoms. The van der Waals surface area contributed by atoms with Crippen LogP contribution >= 0.6 is 0 Å². The quantitative estimate of drug-likeness (QED) is 0.528. The van der Waals surface area contributed by atoms with Gasteiger partial charge in [0.25, 0.3) is 0 Å². The van der Waals surface area contributed by atoms with E-state index in [1.165, 1.54) is 24.8 Å². The van der Waals surface area contributed by atoms with Crippen molar-refractivity contribution in [2.24, 2.45) is 5.92 Å². The molecule has 1 atom stereocenters. The van der Waals surface area contributed by atoms with Gasteiger partial charge >= 0.3 is 0 Å². The lowest BCUT2D eigenvalue weighted by Gasteiger charge is -2.20. The molecule has 0 spiro atoms. The van der Waals surface area contributed by atoms with Crippen molar-refractivity contribution in [2.75, 3.05) is 0 Å². The van der Waals surface area contributed by atoms with Gasteiger partial charge in [0, 0.05) is 0 Å². The Balaban J connectivity index is 2.60. The highest BCUT2D eigenvalue weighted by Gasteiger charge is 2.13. The minimum absolute atomic E-state index is 0.203. The summed E-state index contributed by atoms with van der Waals surface area (Å²) in [5, 5.41) is 0. The molecule has 0 aliphatic heterocycles. The molecule has 1 saturated carbocycles. The molecular weight excluding hydrogens is 136 g/mol. The zero-order chi connectivity index (χ0) is 8.27. The molecule has 62 valence electrons. The van der Waals surface area contributed by atoms with Gasteiger partial charge in [-0.2, -0.15) is 0 Å². The van der Waals surface area contributed by atoms with Gasteiger partial charge in [-0.05, 0) is 38.2 Å². The highest BCUT2D eigenvalue weighted by Crippen LogP contribution is 2.28. The molecule has 1 fully saturated rings.